The summed E-state index contributed by atoms with van der Waals surface area (Å²) in [4.78, 5) is 130. The molecule has 3 rings (SSSR count). The van der Waals surface area contributed by atoms with E-state index in [2.05, 4.69) is 41.9 Å². The molecule has 24 heteroatoms. The van der Waals surface area contributed by atoms with Crippen LogP contribution in [-0.4, -0.2) is 132 Å². The smallest absolute Gasteiger partial charge is 0.245 e. The molecule has 388 valence electrons. The first-order chi connectivity index (χ1) is 33.6. The van der Waals surface area contributed by atoms with Gasteiger partial charge in [0.2, 0.25) is 53.2 Å². The van der Waals surface area contributed by atoms with E-state index in [0.29, 0.717) is 12.0 Å². The highest BCUT2D eigenvalue weighted by Gasteiger charge is 2.40. The zero-order valence-electron chi connectivity index (χ0n) is 40.6. The Hall–Kier alpha value is -7.79. The van der Waals surface area contributed by atoms with Crippen LogP contribution in [-0.2, 0) is 56.0 Å². The molecule has 2 aromatic rings. The van der Waals surface area contributed by atoms with Crippen molar-refractivity contribution < 1.29 is 43.2 Å². The van der Waals surface area contributed by atoms with Gasteiger partial charge in [0, 0.05) is 39.4 Å². The fourth-order valence-electron chi connectivity index (χ4n) is 7.88. The minimum Gasteiger partial charge on any atom is -0.370 e. The number of rotatable bonds is 29. The molecular formula is C47H71N15O9. The predicted molar refractivity (Wildman–Crippen MR) is 265 cm³/mol. The van der Waals surface area contributed by atoms with Crippen LogP contribution in [0, 0.1) is 5.92 Å². The van der Waals surface area contributed by atoms with Crippen molar-refractivity contribution >= 4 is 65.1 Å². The average molecular weight is 990 g/mol. The zero-order chi connectivity index (χ0) is 52.6. The molecule has 7 atom stereocenters. The maximum atomic E-state index is 14.6. The Bertz CT molecular complexity index is 2200. The number of nitrogens with two attached hydrogens (primary N) is 6. The fourth-order valence-corrected chi connectivity index (χ4v) is 7.88. The number of benzene rings is 2. The molecule has 0 spiro atoms. The van der Waals surface area contributed by atoms with Gasteiger partial charge in [-0.3, -0.25) is 53.1 Å². The predicted octanol–water partition coefficient (Wildman–Crippen LogP) is -3.09. The summed E-state index contributed by atoms with van der Waals surface area (Å²) < 4.78 is 0. The summed E-state index contributed by atoms with van der Waals surface area (Å²) in [5.74, 6) is -7.21. The van der Waals surface area contributed by atoms with Crippen molar-refractivity contribution in [1.29, 1.82) is 0 Å². The second-order valence-electron chi connectivity index (χ2n) is 17.7. The largest absolute Gasteiger partial charge is 0.370 e. The number of nitrogens with zero attached hydrogens (tertiary/aromatic N) is 3. The van der Waals surface area contributed by atoms with Gasteiger partial charge in [0.15, 0.2) is 11.9 Å². The molecule has 0 aromatic heterocycles. The quantitative estimate of drug-likeness (QED) is 0.0219. The Morgan fingerprint density at radius 3 is 1.52 bits per heavy atom. The zero-order valence-corrected chi connectivity index (χ0v) is 40.6. The lowest BCUT2D eigenvalue weighted by Crippen LogP contribution is -2.60. The monoisotopic (exact) mass is 990 g/mol. The highest BCUT2D eigenvalue weighted by molar-refractivity contribution is 5.98. The van der Waals surface area contributed by atoms with Crippen LogP contribution >= 0.6 is 0 Å². The average Bonchev–Trinajstić information content (AvgIpc) is 3.80. The third kappa shape index (κ3) is 20.8. The van der Waals surface area contributed by atoms with Gasteiger partial charge in [-0.05, 0) is 62.0 Å². The molecule has 1 heterocycles. The van der Waals surface area contributed by atoms with Crippen molar-refractivity contribution in [2.24, 2.45) is 50.3 Å². The van der Waals surface area contributed by atoms with E-state index in [4.69, 9.17) is 34.4 Å². The summed E-state index contributed by atoms with van der Waals surface area (Å²) in [7, 11) is 0. The molecule has 0 saturated carbocycles. The molecule has 1 fully saturated rings. The van der Waals surface area contributed by atoms with Crippen LogP contribution in [0.15, 0.2) is 70.6 Å². The number of likely N-dealkylation sites (tertiary alicyclic amines) is 1. The van der Waals surface area contributed by atoms with Gasteiger partial charge in [0.05, 0.1) is 6.42 Å². The number of guanidine groups is 2. The van der Waals surface area contributed by atoms with E-state index >= 15 is 0 Å². The van der Waals surface area contributed by atoms with Crippen molar-refractivity contribution in [1.82, 2.24) is 36.8 Å². The number of primary amides is 2. The Kier molecular flexibility index (Phi) is 23.7. The molecule has 0 aliphatic carbocycles. The number of carbonyl (C=O) groups excluding carboxylic acids is 9. The molecule has 9 amide bonds. The van der Waals surface area contributed by atoms with Crippen molar-refractivity contribution in [2.45, 2.75) is 127 Å². The number of carbonyl (C=O) groups is 9. The Balaban J connectivity index is 1.94. The van der Waals surface area contributed by atoms with E-state index in [1.807, 2.05) is 32.0 Å². The molecule has 0 unspecified atom stereocenters. The van der Waals surface area contributed by atoms with Gasteiger partial charge in [-0.15, -0.1) is 0 Å². The lowest BCUT2D eigenvalue weighted by atomic mass is 9.99. The molecule has 24 nitrogen and oxygen atoms in total. The van der Waals surface area contributed by atoms with Crippen LogP contribution in [0.3, 0.4) is 0 Å². The summed E-state index contributed by atoms with van der Waals surface area (Å²) in [6.45, 7) is 5.24. The maximum Gasteiger partial charge on any atom is 0.245 e. The van der Waals surface area contributed by atoms with Gasteiger partial charge in [0.25, 0.3) is 0 Å². The third-order valence-corrected chi connectivity index (χ3v) is 11.3. The van der Waals surface area contributed by atoms with E-state index in [-0.39, 0.29) is 88.8 Å². The first kappa shape index (κ1) is 57.5. The maximum absolute atomic E-state index is 14.6. The van der Waals surface area contributed by atoms with Crippen LogP contribution in [0.4, 0.5) is 0 Å². The Morgan fingerprint density at radius 2 is 1.04 bits per heavy atom. The number of aliphatic imine (C=N–C) groups is 2. The fraction of sp³-hybridized carbons (Fsp3) is 0.511. The molecular weight excluding hydrogens is 919 g/mol. The highest BCUT2D eigenvalue weighted by atomic mass is 16.2. The summed E-state index contributed by atoms with van der Waals surface area (Å²) >= 11 is 0. The lowest BCUT2D eigenvalue weighted by Gasteiger charge is -2.31. The first-order valence-electron chi connectivity index (χ1n) is 23.5. The van der Waals surface area contributed by atoms with Crippen LogP contribution in [0.25, 0.3) is 0 Å². The van der Waals surface area contributed by atoms with Gasteiger partial charge in [-0.25, -0.2) is 0 Å². The van der Waals surface area contributed by atoms with Crippen molar-refractivity contribution in [3.63, 3.8) is 0 Å². The highest BCUT2D eigenvalue weighted by Crippen LogP contribution is 2.21. The molecule has 18 N–H and O–H groups in total. The van der Waals surface area contributed by atoms with Crippen molar-refractivity contribution in [2.75, 3.05) is 19.6 Å². The van der Waals surface area contributed by atoms with Crippen LogP contribution < -0.4 is 66.3 Å². The topological polar surface area (TPSA) is 410 Å². The molecule has 1 saturated heterocycles. The summed E-state index contributed by atoms with van der Waals surface area (Å²) in [5.41, 5.74) is 34.1. The Labute approximate surface area is 413 Å². The third-order valence-electron chi connectivity index (χ3n) is 11.3. The summed E-state index contributed by atoms with van der Waals surface area (Å²) in [6, 6.07) is 9.17. The second-order valence-corrected chi connectivity index (χ2v) is 17.7. The molecule has 71 heavy (non-hydrogen) atoms. The van der Waals surface area contributed by atoms with E-state index in [1.54, 1.807) is 42.5 Å². The van der Waals surface area contributed by atoms with Gasteiger partial charge < -0.3 is 71.2 Å². The Morgan fingerprint density at radius 1 is 0.592 bits per heavy atom. The van der Waals surface area contributed by atoms with Crippen LogP contribution in [0.1, 0.15) is 83.3 Å². The second kappa shape index (κ2) is 29.3. The molecule has 0 bridgehead atoms. The van der Waals surface area contributed by atoms with E-state index in [1.165, 1.54) is 11.8 Å². The van der Waals surface area contributed by atoms with E-state index in [0.717, 1.165) is 5.56 Å². The van der Waals surface area contributed by atoms with Gasteiger partial charge in [0.1, 0.15) is 42.3 Å². The molecule has 2 aromatic carbocycles. The first-order valence-corrected chi connectivity index (χ1v) is 23.5. The standard InChI is InChI=1S/C47H71N15O9/c1-27(2)23-34(60-42(68)35(56-28(3)63)24-29-13-6-4-7-14-29)41(67)61-36(25-30-15-8-5-9-16-30)43(69)58-32(18-11-21-55-47(52)53)45(71)62-22-12-19-37(62)44(70)57-31(17-10-20-54-46(50)51)40(66)59-33(39(49)65)26-38(48)64/h4-9,13-16,27,31-37H,10-12,17-26H2,1-3H3,(H2,48,64)(H2,49,65)(H,56,63)(H,57,70)(H,58,69)(H,59,66)(H,60,68)(H,61,67)(H4,50,51,54)(H4,52,53,55)/t31-,32-,33-,34-,35-,36-,37-/m0/s1. The lowest BCUT2D eigenvalue weighted by molar-refractivity contribution is -0.142. The molecule has 0 radical (unpaired) electrons. The number of amides is 9. The van der Waals surface area contributed by atoms with Gasteiger partial charge >= 0.3 is 0 Å². The minimum atomic E-state index is -1.48. The van der Waals surface area contributed by atoms with E-state index < -0.39 is 102 Å². The number of hydrogen-bond acceptors (Lipinski definition) is 11. The number of hydrogen-bond donors (Lipinski definition) is 12. The normalized spacial score (nSPS) is 15.5. The van der Waals surface area contributed by atoms with E-state index in [9.17, 15) is 43.2 Å². The van der Waals surface area contributed by atoms with Crippen molar-refractivity contribution in [3.8, 4) is 0 Å². The van der Waals surface area contributed by atoms with Crippen LogP contribution in [0.2, 0.25) is 0 Å². The van der Waals surface area contributed by atoms with Crippen LogP contribution in [0.5, 0.6) is 0 Å². The SMILES string of the molecule is CC(=O)N[C@@H](Cc1ccccc1)C(=O)N[C@@H](CC(C)C)C(=O)N[C@@H](Cc1ccccc1)C(=O)N[C@@H](CCCN=C(N)N)C(=O)N1CCC[C@H]1C(=O)N[C@@H](CCCN=C(N)N)C(=O)N[C@@H](CC(N)=O)C(N)=O. The van der Waals surface area contributed by atoms with Crippen molar-refractivity contribution in [3.05, 3.63) is 71.8 Å². The summed E-state index contributed by atoms with van der Waals surface area (Å²) in [5, 5.41) is 16.1. The summed E-state index contributed by atoms with van der Waals surface area (Å²) in [6.07, 6.45) is 0.537. The van der Waals surface area contributed by atoms with Gasteiger partial charge in [-0.2, -0.15) is 0 Å². The molecule has 1 aliphatic rings. The molecule has 1 aliphatic heterocycles. The van der Waals surface area contributed by atoms with Gasteiger partial charge in [-0.1, -0.05) is 74.5 Å². The number of nitrogens with one attached hydrogen (secondary N) is 6. The minimum absolute atomic E-state index is 0.0135.